The van der Waals surface area contributed by atoms with Gasteiger partial charge in [0.2, 0.25) is 10.7 Å². The van der Waals surface area contributed by atoms with E-state index in [0.29, 0.717) is 36.8 Å². The zero-order valence-corrected chi connectivity index (χ0v) is 18.4. The SMILES string of the molecule is O=[N+]([O-])c1ccccc1/C=N/n1c(C(F)(F)F)nn(CN2CCN(c3ncccn3)CC2)c1=S. The number of nitrogens with zero attached hydrogens (tertiary/aromatic N) is 9. The third-order valence-electron chi connectivity index (χ3n) is 5.06. The lowest BCUT2D eigenvalue weighted by molar-refractivity contribution is -0.385. The summed E-state index contributed by atoms with van der Waals surface area (Å²) in [5.74, 6) is -0.726. The van der Waals surface area contributed by atoms with E-state index in [1.807, 2.05) is 9.80 Å². The van der Waals surface area contributed by atoms with Crippen molar-refractivity contribution in [3.63, 3.8) is 0 Å². The van der Waals surface area contributed by atoms with E-state index in [0.717, 1.165) is 10.9 Å². The van der Waals surface area contributed by atoms with Crippen molar-refractivity contribution in [3.8, 4) is 0 Å². The van der Waals surface area contributed by atoms with Gasteiger partial charge < -0.3 is 4.90 Å². The van der Waals surface area contributed by atoms with Crippen molar-refractivity contribution in [2.75, 3.05) is 31.1 Å². The number of benzene rings is 1. The van der Waals surface area contributed by atoms with Crippen molar-refractivity contribution in [3.05, 3.63) is 69.0 Å². The minimum atomic E-state index is -4.83. The van der Waals surface area contributed by atoms with Crippen molar-refractivity contribution >= 4 is 30.1 Å². The van der Waals surface area contributed by atoms with E-state index in [1.165, 1.54) is 24.3 Å². The molecule has 0 amide bonds. The molecule has 1 fully saturated rings. The van der Waals surface area contributed by atoms with E-state index < -0.39 is 16.9 Å². The van der Waals surface area contributed by atoms with E-state index in [-0.39, 0.29) is 22.7 Å². The summed E-state index contributed by atoms with van der Waals surface area (Å²) < 4.78 is 42.1. The summed E-state index contributed by atoms with van der Waals surface area (Å²) in [5.41, 5.74) is -0.256. The highest BCUT2D eigenvalue weighted by molar-refractivity contribution is 7.71. The highest BCUT2D eigenvalue weighted by Crippen LogP contribution is 2.28. The summed E-state index contributed by atoms with van der Waals surface area (Å²) in [4.78, 5) is 22.8. The number of hydrogen-bond acceptors (Lipinski definition) is 9. The second-order valence-corrected chi connectivity index (χ2v) is 7.64. The molecule has 1 aromatic carbocycles. The van der Waals surface area contributed by atoms with Crippen LogP contribution in [0.1, 0.15) is 11.4 Å². The molecule has 178 valence electrons. The lowest BCUT2D eigenvalue weighted by Crippen LogP contribution is -2.47. The predicted molar refractivity (Wildman–Crippen MR) is 118 cm³/mol. The number of rotatable bonds is 6. The van der Waals surface area contributed by atoms with Gasteiger partial charge in [0.05, 0.1) is 23.4 Å². The molecule has 4 rings (SSSR count). The highest BCUT2D eigenvalue weighted by Gasteiger charge is 2.39. The molecule has 0 N–H and O–H groups in total. The van der Waals surface area contributed by atoms with Crippen molar-refractivity contribution in [2.24, 2.45) is 5.10 Å². The first kappa shape index (κ1) is 23.4. The number of piperazine rings is 1. The number of hydrogen-bond donors (Lipinski definition) is 0. The van der Waals surface area contributed by atoms with Gasteiger partial charge in [0.1, 0.15) is 0 Å². The first-order valence-electron chi connectivity index (χ1n) is 10.0. The molecule has 1 aliphatic heterocycles. The summed E-state index contributed by atoms with van der Waals surface area (Å²) in [6.45, 7) is 2.26. The number of nitro groups is 1. The summed E-state index contributed by atoms with van der Waals surface area (Å²) in [7, 11) is 0. The molecule has 1 saturated heterocycles. The molecule has 0 spiro atoms. The van der Waals surface area contributed by atoms with Gasteiger partial charge in [-0.3, -0.25) is 15.0 Å². The number of anilines is 1. The van der Waals surface area contributed by atoms with Gasteiger partial charge in [-0.05, 0) is 24.4 Å². The lowest BCUT2D eigenvalue weighted by Gasteiger charge is -2.34. The third kappa shape index (κ3) is 5.09. The Labute approximate surface area is 195 Å². The first-order valence-corrected chi connectivity index (χ1v) is 10.4. The number of nitro benzene ring substituents is 1. The summed E-state index contributed by atoms with van der Waals surface area (Å²) in [6.07, 6.45) is -0.580. The fourth-order valence-electron chi connectivity index (χ4n) is 3.39. The van der Waals surface area contributed by atoms with Gasteiger partial charge in [0, 0.05) is 44.6 Å². The maximum absolute atomic E-state index is 13.6. The van der Waals surface area contributed by atoms with Crippen LogP contribution in [0.3, 0.4) is 0 Å². The Hall–Kier alpha value is -3.72. The standard InChI is InChI=1S/C19H18F3N9O2S/c20-19(21,22)16-26-29(13-27-8-10-28(11-9-27)17-23-6-3-7-24-17)18(34)30(16)25-12-14-4-1-2-5-15(14)31(32)33/h1-7,12H,8-11,13H2/b25-12+. The van der Waals surface area contributed by atoms with Crippen LogP contribution in [0.15, 0.2) is 47.8 Å². The topological polar surface area (TPSA) is 111 Å². The molecule has 34 heavy (non-hydrogen) atoms. The molecule has 2 aromatic heterocycles. The maximum Gasteiger partial charge on any atom is 0.453 e. The fourth-order valence-corrected chi connectivity index (χ4v) is 3.62. The average Bonchev–Trinajstić information content (AvgIpc) is 3.14. The smallest absolute Gasteiger partial charge is 0.338 e. The average molecular weight is 493 g/mol. The molecule has 3 aromatic rings. The van der Waals surface area contributed by atoms with Gasteiger partial charge >= 0.3 is 6.18 Å². The maximum atomic E-state index is 13.6. The molecular weight excluding hydrogens is 475 g/mol. The van der Waals surface area contributed by atoms with Crippen LogP contribution < -0.4 is 4.90 Å². The zero-order valence-electron chi connectivity index (χ0n) is 17.5. The van der Waals surface area contributed by atoms with Crippen LogP contribution in [0.25, 0.3) is 0 Å². The molecule has 0 aliphatic carbocycles. The third-order valence-corrected chi connectivity index (χ3v) is 5.44. The molecule has 15 heteroatoms. The lowest BCUT2D eigenvalue weighted by atomic mass is 10.2. The largest absolute Gasteiger partial charge is 0.453 e. The van der Waals surface area contributed by atoms with Gasteiger partial charge in [-0.1, -0.05) is 12.1 Å². The Morgan fingerprint density at radius 1 is 1.12 bits per heavy atom. The monoisotopic (exact) mass is 493 g/mol. The molecule has 1 aliphatic rings. The molecule has 0 bridgehead atoms. The highest BCUT2D eigenvalue weighted by atomic mass is 32.1. The summed E-state index contributed by atoms with van der Waals surface area (Å²) in [5, 5.41) is 18.6. The first-order chi connectivity index (χ1) is 16.2. The fraction of sp³-hybridized carbons (Fsp3) is 0.316. The number of aromatic nitrogens is 5. The predicted octanol–water partition coefficient (Wildman–Crippen LogP) is 2.79. The second kappa shape index (κ2) is 9.64. The summed E-state index contributed by atoms with van der Waals surface area (Å²) >= 11 is 5.21. The minimum Gasteiger partial charge on any atom is -0.338 e. The molecule has 11 nitrogen and oxygen atoms in total. The number of para-hydroxylation sites is 1. The molecule has 0 unspecified atom stereocenters. The summed E-state index contributed by atoms with van der Waals surface area (Å²) in [6, 6.07) is 7.29. The van der Waals surface area contributed by atoms with Crippen LogP contribution >= 0.6 is 12.2 Å². The van der Waals surface area contributed by atoms with Gasteiger partial charge in [0.25, 0.3) is 11.5 Å². The quantitative estimate of drug-likeness (QED) is 0.223. The Kier molecular flexibility index (Phi) is 6.65. The van der Waals surface area contributed by atoms with E-state index >= 15 is 0 Å². The zero-order chi connectivity index (χ0) is 24.3. The van der Waals surface area contributed by atoms with Gasteiger partial charge in [0.15, 0.2) is 0 Å². The van der Waals surface area contributed by atoms with Crippen molar-refractivity contribution in [1.82, 2.24) is 29.3 Å². The molecular formula is C19H18F3N9O2S. The Balaban J connectivity index is 1.55. The van der Waals surface area contributed by atoms with Gasteiger partial charge in [-0.25, -0.2) is 14.6 Å². The molecule has 0 atom stereocenters. The van der Waals surface area contributed by atoms with Crippen LogP contribution in [0.5, 0.6) is 0 Å². The van der Waals surface area contributed by atoms with Crippen molar-refractivity contribution < 1.29 is 18.1 Å². The van der Waals surface area contributed by atoms with Crippen molar-refractivity contribution in [2.45, 2.75) is 12.8 Å². The van der Waals surface area contributed by atoms with E-state index in [4.69, 9.17) is 12.2 Å². The Bertz CT molecular complexity index is 1250. The van der Waals surface area contributed by atoms with Crippen LogP contribution in [0.2, 0.25) is 0 Å². The number of alkyl halides is 3. The van der Waals surface area contributed by atoms with E-state index in [1.54, 1.807) is 18.5 Å². The number of halogens is 3. The molecule has 3 heterocycles. The Morgan fingerprint density at radius 2 is 1.79 bits per heavy atom. The van der Waals surface area contributed by atoms with Crippen LogP contribution in [0, 0.1) is 14.9 Å². The normalized spacial score (nSPS) is 15.2. The van der Waals surface area contributed by atoms with Crippen LogP contribution in [-0.2, 0) is 12.8 Å². The van der Waals surface area contributed by atoms with Crippen LogP contribution in [-0.4, -0.2) is 66.6 Å². The van der Waals surface area contributed by atoms with E-state index in [2.05, 4.69) is 20.2 Å². The van der Waals surface area contributed by atoms with E-state index in [9.17, 15) is 23.3 Å². The Morgan fingerprint density at radius 3 is 2.44 bits per heavy atom. The molecule has 0 saturated carbocycles. The second-order valence-electron chi connectivity index (χ2n) is 7.27. The van der Waals surface area contributed by atoms with Gasteiger partial charge in [-0.15, -0.1) is 5.10 Å². The molecule has 0 radical (unpaired) electrons. The van der Waals surface area contributed by atoms with Crippen LogP contribution in [0.4, 0.5) is 24.8 Å². The van der Waals surface area contributed by atoms with Gasteiger partial charge in [-0.2, -0.15) is 22.9 Å². The minimum absolute atomic E-state index is 0.0272. The van der Waals surface area contributed by atoms with Crippen molar-refractivity contribution in [1.29, 1.82) is 0 Å².